The lowest BCUT2D eigenvalue weighted by Gasteiger charge is -2.26. The number of hydrogen-bond acceptors (Lipinski definition) is 2. The molecule has 122 valence electrons. The molecule has 1 aromatic rings. The third-order valence-corrected chi connectivity index (χ3v) is 5.11. The average molecular weight is 308 g/mol. The van der Waals surface area contributed by atoms with Gasteiger partial charge in [-0.3, -0.25) is 0 Å². The fraction of sp³-hybridized carbons (Fsp3) is 0.476. The van der Waals surface area contributed by atoms with Gasteiger partial charge in [-0.2, -0.15) is 0 Å². The molecule has 2 heteroatoms. The molecule has 1 saturated carbocycles. The summed E-state index contributed by atoms with van der Waals surface area (Å²) in [6.07, 6.45) is 13.0. The van der Waals surface area contributed by atoms with Gasteiger partial charge in [0.05, 0.1) is 0 Å². The van der Waals surface area contributed by atoms with E-state index in [2.05, 4.69) is 61.5 Å². The van der Waals surface area contributed by atoms with Crippen molar-refractivity contribution < 1.29 is 0 Å². The Morgan fingerprint density at radius 2 is 1.87 bits per heavy atom. The molecule has 23 heavy (non-hydrogen) atoms. The summed E-state index contributed by atoms with van der Waals surface area (Å²) >= 11 is 0. The van der Waals surface area contributed by atoms with E-state index in [0.717, 1.165) is 12.3 Å². The van der Waals surface area contributed by atoms with E-state index in [1.54, 1.807) is 0 Å². The smallest absolute Gasteiger partial charge is 0.0420 e. The van der Waals surface area contributed by atoms with Gasteiger partial charge in [0.25, 0.3) is 0 Å². The molecule has 0 heterocycles. The maximum absolute atomic E-state index is 8.78. The first kappa shape index (κ1) is 16.2. The van der Waals surface area contributed by atoms with Gasteiger partial charge in [-0.15, -0.1) is 0 Å². The predicted molar refractivity (Wildman–Crippen MR) is 98.4 cm³/mol. The third kappa shape index (κ3) is 3.64. The Kier molecular flexibility index (Phi) is 5.12. The first-order valence-corrected chi connectivity index (χ1v) is 8.86. The molecule has 0 radical (unpaired) electrons. The lowest BCUT2D eigenvalue weighted by molar-refractivity contribution is 0.437. The molecule has 0 saturated heterocycles. The number of nitrogens with one attached hydrogen (secondary N) is 1. The van der Waals surface area contributed by atoms with Crippen molar-refractivity contribution in [3.05, 3.63) is 59.2 Å². The molecular weight excluding hydrogens is 280 g/mol. The molecule has 2 nitrogen and oxygen atoms in total. The van der Waals surface area contributed by atoms with E-state index < -0.39 is 0 Å². The number of allylic oxidation sites excluding steroid dienone is 3. The van der Waals surface area contributed by atoms with Gasteiger partial charge in [0.15, 0.2) is 0 Å². The quantitative estimate of drug-likeness (QED) is 0.779. The minimum atomic E-state index is 0.331. The van der Waals surface area contributed by atoms with Crippen LogP contribution in [0.4, 0.5) is 0 Å². The molecule has 0 amide bonds. The second kappa shape index (κ2) is 7.27. The largest absolute Gasteiger partial charge is 0.305 e. The van der Waals surface area contributed by atoms with Gasteiger partial charge in [-0.25, -0.2) is 0 Å². The standard InChI is InChI=1S/C21H28N2/c1-23(2)15-17-11-8-14-18(17)19-12-6-7-13-20(19)21(22)16-9-4-3-5-10-16/h6-8,11-14,16,18,22H,3-5,9-10,15H2,1-2H3. The van der Waals surface area contributed by atoms with Crippen LogP contribution in [0, 0.1) is 11.3 Å². The zero-order valence-electron chi connectivity index (χ0n) is 14.4. The van der Waals surface area contributed by atoms with Crippen molar-refractivity contribution in [3.63, 3.8) is 0 Å². The zero-order valence-corrected chi connectivity index (χ0v) is 14.4. The van der Waals surface area contributed by atoms with Gasteiger partial charge in [0, 0.05) is 24.1 Å². The van der Waals surface area contributed by atoms with E-state index in [0.29, 0.717) is 11.8 Å². The highest BCUT2D eigenvalue weighted by Gasteiger charge is 2.25. The van der Waals surface area contributed by atoms with Crippen molar-refractivity contribution >= 4 is 5.71 Å². The van der Waals surface area contributed by atoms with E-state index in [-0.39, 0.29) is 0 Å². The van der Waals surface area contributed by atoms with E-state index in [1.807, 2.05) is 0 Å². The summed E-state index contributed by atoms with van der Waals surface area (Å²) in [5.41, 5.74) is 4.77. The molecule has 2 aliphatic rings. The summed E-state index contributed by atoms with van der Waals surface area (Å²) in [5.74, 6) is 0.786. The number of rotatable bonds is 5. The Morgan fingerprint density at radius 1 is 1.13 bits per heavy atom. The van der Waals surface area contributed by atoms with Crippen LogP contribution in [0.15, 0.2) is 48.1 Å². The van der Waals surface area contributed by atoms with Crippen LogP contribution in [-0.4, -0.2) is 31.3 Å². The van der Waals surface area contributed by atoms with Crippen LogP contribution in [0.3, 0.4) is 0 Å². The number of likely N-dealkylation sites (N-methyl/N-ethyl adjacent to an activating group) is 1. The molecule has 0 bridgehead atoms. The Balaban J connectivity index is 1.87. The van der Waals surface area contributed by atoms with Crippen molar-refractivity contribution in [2.75, 3.05) is 20.6 Å². The van der Waals surface area contributed by atoms with Crippen molar-refractivity contribution in [3.8, 4) is 0 Å². The summed E-state index contributed by atoms with van der Waals surface area (Å²) < 4.78 is 0. The third-order valence-electron chi connectivity index (χ3n) is 5.11. The topological polar surface area (TPSA) is 27.1 Å². The number of nitrogens with zero attached hydrogens (tertiary/aromatic N) is 1. The van der Waals surface area contributed by atoms with Crippen molar-refractivity contribution in [2.45, 2.75) is 38.0 Å². The normalized spacial score (nSPS) is 21.7. The molecule has 1 N–H and O–H groups in total. The van der Waals surface area contributed by atoms with Crippen LogP contribution < -0.4 is 0 Å². The van der Waals surface area contributed by atoms with E-state index >= 15 is 0 Å². The lowest BCUT2D eigenvalue weighted by Crippen LogP contribution is -2.21. The van der Waals surface area contributed by atoms with E-state index in [9.17, 15) is 0 Å². The maximum Gasteiger partial charge on any atom is 0.0420 e. The Hall–Kier alpha value is -1.67. The monoisotopic (exact) mass is 308 g/mol. The van der Waals surface area contributed by atoms with Gasteiger partial charge in [-0.1, -0.05) is 61.8 Å². The van der Waals surface area contributed by atoms with Crippen LogP contribution in [-0.2, 0) is 0 Å². The summed E-state index contributed by atoms with van der Waals surface area (Å²) in [4.78, 5) is 2.22. The first-order valence-electron chi connectivity index (χ1n) is 8.86. The second-order valence-corrected chi connectivity index (χ2v) is 7.18. The second-order valence-electron chi connectivity index (χ2n) is 7.18. The Bertz CT molecular complexity index is 618. The minimum Gasteiger partial charge on any atom is -0.305 e. The molecule has 1 aromatic carbocycles. The predicted octanol–water partition coefficient (Wildman–Crippen LogP) is 4.78. The van der Waals surface area contributed by atoms with Crippen LogP contribution in [0.1, 0.15) is 49.1 Å². The van der Waals surface area contributed by atoms with Gasteiger partial charge >= 0.3 is 0 Å². The number of benzene rings is 1. The van der Waals surface area contributed by atoms with Gasteiger partial charge in [0.2, 0.25) is 0 Å². The van der Waals surface area contributed by atoms with Crippen LogP contribution in [0.2, 0.25) is 0 Å². The van der Waals surface area contributed by atoms with Crippen molar-refractivity contribution in [2.24, 2.45) is 5.92 Å². The fourth-order valence-electron chi connectivity index (χ4n) is 3.96. The summed E-state index contributed by atoms with van der Waals surface area (Å²) in [6, 6.07) is 8.58. The summed E-state index contributed by atoms with van der Waals surface area (Å²) in [7, 11) is 4.23. The molecule has 0 aromatic heterocycles. The molecule has 0 aliphatic heterocycles. The van der Waals surface area contributed by atoms with Crippen LogP contribution in [0.5, 0.6) is 0 Å². The highest BCUT2D eigenvalue weighted by Crippen LogP contribution is 2.35. The van der Waals surface area contributed by atoms with Crippen LogP contribution >= 0.6 is 0 Å². The van der Waals surface area contributed by atoms with Gasteiger partial charge < -0.3 is 10.3 Å². The zero-order chi connectivity index (χ0) is 16.2. The van der Waals surface area contributed by atoms with E-state index in [1.165, 1.54) is 48.8 Å². The molecule has 1 fully saturated rings. The van der Waals surface area contributed by atoms with Gasteiger partial charge in [-0.05, 0) is 43.6 Å². The summed E-state index contributed by atoms with van der Waals surface area (Å²) in [5, 5.41) is 8.78. The SMILES string of the molecule is CN(C)CC1=CC=CC1c1ccccc1C(=N)C1CCCCC1. The lowest BCUT2D eigenvalue weighted by atomic mass is 9.80. The highest BCUT2D eigenvalue weighted by molar-refractivity contribution is 6.01. The minimum absolute atomic E-state index is 0.331. The molecule has 1 unspecified atom stereocenters. The Morgan fingerprint density at radius 3 is 2.61 bits per heavy atom. The maximum atomic E-state index is 8.78. The fourth-order valence-corrected chi connectivity index (χ4v) is 3.96. The van der Waals surface area contributed by atoms with E-state index in [4.69, 9.17) is 5.41 Å². The Labute approximate surface area is 140 Å². The van der Waals surface area contributed by atoms with Crippen molar-refractivity contribution in [1.29, 1.82) is 5.41 Å². The molecule has 1 atom stereocenters. The summed E-state index contributed by atoms with van der Waals surface area (Å²) in [6.45, 7) is 0.975. The molecular formula is C21H28N2. The first-order chi connectivity index (χ1) is 11.2. The van der Waals surface area contributed by atoms with Crippen molar-refractivity contribution in [1.82, 2.24) is 4.90 Å². The molecule has 2 aliphatic carbocycles. The van der Waals surface area contributed by atoms with Crippen LogP contribution in [0.25, 0.3) is 0 Å². The highest BCUT2D eigenvalue weighted by atomic mass is 15.0. The number of hydrogen-bond donors (Lipinski definition) is 1. The average Bonchev–Trinajstić information content (AvgIpc) is 3.02. The van der Waals surface area contributed by atoms with Gasteiger partial charge in [0.1, 0.15) is 0 Å². The molecule has 0 spiro atoms. The molecule has 3 rings (SSSR count).